The minimum atomic E-state index is -0.540. The number of carbonyl (C=O) groups is 2. The standard InChI is InChI=1S/C18H25BN2O3S/c1-19(24)12-5-4-6-13(9-12)20-17(22)8-3-2-7-16-14-10-18(23)21-15(14)11-25-16/h4-6,9,14-16,24H,2-3,7-8,10-11H2,1H3,(H,20,22)(H,21,23). The molecule has 0 spiro atoms. The lowest BCUT2D eigenvalue weighted by Gasteiger charge is -2.15. The van der Waals surface area contributed by atoms with Crippen LogP contribution in [0.2, 0.25) is 6.82 Å². The van der Waals surface area contributed by atoms with Crippen LogP contribution in [0.15, 0.2) is 24.3 Å². The Hall–Kier alpha value is -1.47. The van der Waals surface area contributed by atoms with Gasteiger partial charge in [-0.1, -0.05) is 25.4 Å². The quantitative estimate of drug-likeness (QED) is 0.510. The SMILES string of the molecule is CB(O)c1cccc(NC(=O)CCCCC2SCC3NC(=O)CC32)c1. The maximum atomic E-state index is 12.1. The molecule has 5 nitrogen and oxygen atoms in total. The molecule has 2 heterocycles. The van der Waals surface area contributed by atoms with E-state index in [1.54, 1.807) is 6.82 Å². The first-order valence-electron chi connectivity index (χ1n) is 9.02. The highest BCUT2D eigenvalue weighted by atomic mass is 32.2. The number of benzene rings is 1. The molecule has 3 atom stereocenters. The van der Waals surface area contributed by atoms with Crippen molar-refractivity contribution < 1.29 is 14.6 Å². The van der Waals surface area contributed by atoms with Crippen LogP contribution < -0.4 is 16.1 Å². The highest BCUT2D eigenvalue weighted by molar-refractivity contribution is 8.00. The number of rotatable bonds is 7. The first-order chi connectivity index (χ1) is 12.0. The number of amides is 2. The Kier molecular flexibility index (Phi) is 6.07. The van der Waals surface area contributed by atoms with E-state index in [2.05, 4.69) is 10.6 Å². The smallest absolute Gasteiger partial charge is 0.320 e. The number of hydrogen-bond acceptors (Lipinski definition) is 4. The minimum Gasteiger partial charge on any atom is -0.446 e. The maximum Gasteiger partial charge on any atom is 0.320 e. The molecule has 1 aromatic carbocycles. The largest absolute Gasteiger partial charge is 0.446 e. The van der Waals surface area contributed by atoms with E-state index < -0.39 is 6.92 Å². The van der Waals surface area contributed by atoms with Crippen LogP contribution in [0.25, 0.3) is 0 Å². The number of nitrogens with one attached hydrogen (secondary N) is 2. The van der Waals surface area contributed by atoms with Crippen molar-refractivity contribution >= 4 is 41.6 Å². The highest BCUT2D eigenvalue weighted by Crippen LogP contribution is 2.40. The van der Waals surface area contributed by atoms with Crippen molar-refractivity contribution in [3.8, 4) is 0 Å². The van der Waals surface area contributed by atoms with Gasteiger partial charge in [-0.15, -0.1) is 0 Å². The Morgan fingerprint density at radius 3 is 3.08 bits per heavy atom. The molecule has 7 heteroatoms. The van der Waals surface area contributed by atoms with E-state index in [4.69, 9.17) is 0 Å². The molecule has 1 aromatic rings. The Balaban J connectivity index is 1.37. The summed E-state index contributed by atoms with van der Waals surface area (Å²) in [6, 6.07) is 7.69. The summed E-state index contributed by atoms with van der Waals surface area (Å²) >= 11 is 1.96. The molecule has 25 heavy (non-hydrogen) atoms. The Morgan fingerprint density at radius 1 is 1.44 bits per heavy atom. The minimum absolute atomic E-state index is 0.0115. The van der Waals surface area contributed by atoms with Gasteiger partial charge in [0, 0.05) is 41.5 Å². The van der Waals surface area contributed by atoms with Crippen molar-refractivity contribution in [2.45, 2.75) is 50.2 Å². The van der Waals surface area contributed by atoms with Crippen molar-refractivity contribution in [1.29, 1.82) is 0 Å². The Morgan fingerprint density at radius 2 is 2.28 bits per heavy atom. The zero-order chi connectivity index (χ0) is 17.8. The Bertz CT molecular complexity index is 641. The predicted molar refractivity (Wildman–Crippen MR) is 103 cm³/mol. The number of fused-ring (bicyclic) bond motifs is 1. The number of anilines is 1. The molecule has 0 aromatic heterocycles. The molecule has 134 valence electrons. The summed E-state index contributed by atoms with van der Waals surface area (Å²) in [5, 5.41) is 16.1. The molecule has 2 aliphatic rings. The van der Waals surface area contributed by atoms with E-state index in [1.807, 2.05) is 36.0 Å². The van der Waals surface area contributed by atoms with Gasteiger partial charge in [-0.25, -0.2) is 0 Å². The molecule has 0 aliphatic carbocycles. The molecule has 0 saturated carbocycles. The molecule has 3 unspecified atom stereocenters. The number of unbranched alkanes of at least 4 members (excludes halogenated alkanes) is 1. The fourth-order valence-electron chi connectivity index (χ4n) is 3.66. The first kappa shape index (κ1) is 18.3. The van der Waals surface area contributed by atoms with Gasteiger partial charge in [-0.05, 0) is 30.4 Å². The van der Waals surface area contributed by atoms with Gasteiger partial charge in [-0.2, -0.15) is 11.8 Å². The summed E-state index contributed by atoms with van der Waals surface area (Å²) in [7, 11) is 0. The van der Waals surface area contributed by atoms with E-state index >= 15 is 0 Å². The molecule has 0 radical (unpaired) electrons. The van der Waals surface area contributed by atoms with Crippen molar-refractivity contribution in [3.05, 3.63) is 24.3 Å². The third-order valence-corrected chi connectivity index (χ3v) is 6.61. The van der Waals surface area contributed by atoms with Crippen LogP contribution in [0.3, 0.4) is 0 Å². The van der Waals surface area contributed by atoms with E-state index in [9.17, 15) is 14.6 Å². The van der Waals surface area contributed by atoms with E-state index in [0.717, 1.165) is 36.2 Å². The van der Waals surface area contributed by atoms with Gasteiger partial charge in [0.2, 0.25) is 11.8 Å². The lowest BCUT2D eigenvalue weighted by molar-refractivity contribution is -0.119. The topological polar surface area (TPSA) is 78.4 Å². The third-order valence-electron chi connectivity index (χ3n) is 5.05. The normalized spacial score (nSPS) is 24.7. The fraction of sp³-hybridized carbons (Fsp3) is 0.556. The van der Waals surface area contributed by atoms with Crippen molar-refractivity contribution in [2.75, 3.05) is 11.1 Å². The molecule has 2 amide bonds. The summed E-state index contributed by atoms with van der Waals surface area (Å²) in [5.41, 5.74) is 1.53. The van der Waals surface area contributed by atoms with E-state index in [1.165, 1.54) is 0 Å². The van der Waals surface area contributed by atoms with Gasteiger partial charge >= 0.3 is 6.92 Å². The van der Waals surface area contributed by atoms with Crippen molar-refractivity contribution in [3.63, 3.8) is 0 Å². The van der Waals surface area contributed by atoms with Crippen LogP contribution in [0.1, 0.15) is 32.1 Å². The molecule has 2 saturated heterocycles. The summed E-state index contributed by atoms with van der Waals surface area (Å²) in [6.07, 6.45) is 4.11. The van der Waals surface area contributed by atoms with Crippen molar-refractivity contribution in [2.24, 2.45) is 5.92 Å². The van der Waals surface area contributed by atoms with Gasteiger partial charge in [0.15, 0.2) is 0 Å². The van der Waals surface area contributed by atoms with Gasteiger partial charge in [0.05, 0.1) is 0 Å². The van der Waals surface area contributed by atoms with Crippen molar-refractivity contribution in [1.82, 2.24) is 5.32 Å². The first-order valence-corrected chi connectivity index (χ1v) is 10.1. The fourth-order valence-corrected chi connectivity index (χ4v) is 5.32. The second kappa shape index (κ2) is 8.28. The molecule has 2 fully saturated rings. The van der Waals surface area contributed by atoms with Gasteiger partial charge < -0.3 is 15.7 Å². The summed E-state index contributed by atoms with van der Waals surface area (Å²) in [4.78, 5) is 23.6. The summed E-state index contributed by atoms with van der Waals surface area (Å²) < 4.78 is 0. The van der Waals surface area contributed by atoms with E-state index in [0.29, 0.717) is 30.1 Å². The van der Waals surface area contributed by atoms with Crippen LogP contribution >= 0.6 is 11.8 Å². The molecule has 2 aliphatic heterocycles. The van der Waals surface area contributed by atoms with Crippen LogP contribution in [-0.2, 0) is 9.59 Å². The average molecular weight is 360 g/mol. The van der Waals surface area contributed by atoms with E-state index in [-0.39, 0.29) is 11.8 Å². The Labute approximate surface area is 153 Å². The summed E-state index contributed by atoms with van der Waals surface area (Å²) in [5.74, 6) is 1.72. The van der Waals surface area contributed by atoms with Crippen LogP contribution in [-0.4, -0.2) is 40.8 Å². The molecule has 3 N–H and O–H groups in total. The zero-order valence-electron chi connectivity index (χ0n) is 14.5. The lowest BCUT2D eigenvalue weighted by atomic mass is 9.64. The molecular weight excluding hydrogens is 335 g/mol. The monoisotopic (exact) mass is 360 g/mol. The number of thioether (sulfide) groups is 1. The van der Waals surface area contributed by atoms with Crippen LogP contribution in [0.4, 0.5) is 5.69 Å². The van der Waals surface area contributed by atoms with Crippen LogP contribution in [0, 0.1) is 5.92 Å². The zero-order valence-corrected chi connectivity index (χ0v) is 15.3. The third kappa shape index (κ3) is 4.79. The van der Waals surface area contributed by atoms with Gasteiger partial charge in [0.25, 0.3) is 0 Å². The van der Waals surface area contributed by atoms with Gasteiger partial charge in [0.1, 0.15) is 0 Å². The summed E-state index contributed by atoms with van der Waals surface area (Å²) in [6.45, 7) is 1.17. The maximum absolute atomic E-state index is 12.1. The number of hydrogen-bond donors (Lipinski definition) is 3. The van der Waals surface area contributed by atoms with Crippen LogP contribution in [0.5, 0.6) is 0 Å². The lowest BCUT2D eigenvalue weighted by Crippen LogP contribution is -2.29. The second-order valence-corrected chi connectivity index (χ2v) is 8.28. The molecule has 0 bridgehead atoms. The number of carbonyl (C=O) groups excluding carboxylic acids is 2. The van der Waals surface area contributed by atoms with Gasteiger partial charge in [-0.3, -0.25) is 9.59 Å². The average Bonchev–Trinajstić information content (AvgIpc) is 3.11. The molecular formula is C18H25BN2O3S. The molecule has 3 rings (SSSR count). The highest BCUT2D eigenvalue weighted by Gasteiger charge is 2.42. The predicted octanol–water partition coefficient (Wildman–Crippen LogP) is 1.63. The second-order valence-electron chi connectivity index (χ2n) is 7.01.